The fourth-order valence-corrected chi connectivity index (χ4v) is 3.22. The molecule has 1 aromatic carbocycles. The first-order valence-corrected chi connectivity index (χ1v) is 7.33. The molecule has 1 aliphatic carbocycles. The van der Waals surface area contributed by atoms with Gasteiger partial charge < -0.3 is 15.3 Å². The highest BCUT2D eigenvalue weighted by atomic mass is 19.2. The zero-order valence-electron chi connectivity index (χ0n) is 12.1. The average molecular weight is 328 g/mol. The zero-order valence-corrected chi connectivity index (χ0v) is 12.1. The molecule has 2 unspecified atom stereocenters. The van der Waals surface area contributed by atoms with Crippen LogP contribution in [-0.2, 0) is 11.2 Å². The van der Waals surface area contributed by atoms with Crippen molar-refractivity contribution in [3.05, 3.63) is 34.6 Å². The number of carbonyl (C=O) groups is 2. The summed E-state index contributed by atoms with van der Waals surface area (Å²) >= 11 is 0. The monoisotopic (exact) mass is 328 g/mol. The molecule has 0 saturated carbocycles. The van der Waals surface area contributed by atoms with Gasteiger partial charge in [-0.05, 0) is 30.9 Å². The molecule has 8 heteroatoms. The third-order valence-corrected chi connectivity index (χ3v) is 4.46. The van der Waals surface area contributed by atoms with E-state index in [1.54, 1.807) is 0 Å². The zero-order chi connectivity index (χ0) is 16.7. The van der Waals surface area contributed by atoms with E-state index in [9.17, 15) is 22.8 Å². The second kappa shape index (κ2) is 5.75. The molecule has 1 saturated heterocycles. The summed E-state index contributed by atoms with van der Waals surface area (Å²) in [6.07, 6.45) is 1.04. The standard InChI is InChI=1S/C15H15F3N2O3/c16-9-5-7-1-2-10(11(7)13(18)12(9)17)19-15(23)20-4-3-8(6-20)14(21)22/h5,8,10H,1-4,6H2,(H,19,23)(H,21,22). The normalized spacial score (nSPS) is 23.0. The van der Waals surface area contributed by atoms with Gasteiger partial charge in [0.15, 0.2) is 17.5 Å². The number of carboxylic acid groups (broad SMARTS) is 1. The molecule has 1 fully saturated rings. The number of nitrogens with zero attached hydrogens (tertiary/aromatic N) is 1. The predicted molar refractivity (Wildman–Crippen MR) is 73.2 cm³/mol. The van der Waals surface area contributed by atoms with Crippen molar-refractivity contribution in [2.45, 2.75) is 25.3 Å². The minimum Gasteiger partial charge on any atom is -0.481 e. The Balaban J connectivity index is 1.73. The molecule has 1 aliphatic heterocycles. The average Bonchev–Trinajstić information content (AvgIpc) is 3.12. The first-order valence-electron chi connectivity index (χ1n) is 7.33. The van der Waals surface area contributed by atoms with Gasteiger partial charge >= 0.3 is 12.0 Å². The minimum absolute atomic E-state index is 0.0220. The maximum Gasteiger partial charge on any atom is 0.317 e. The molecule has 0 spiro atoms. The number of amides is 2. The lowest BCUT2D eigenvalue weighted by Crippen LogP contribution is -2.40. The Morgan fingerprint density at radius 3 is 2.61 bits per heavy atom. The van der Waals surface area contributed by atoms with Crippen molar-refractivity contribution < 1.29 is 27.9 Å². The summed E-state index contributed by atoms with van der Waals surface area (Å²) in [6.45, 7) is 0.379. The lowest BCUT2D eigenvalue weighted by atomic mass is 10.1. The van der Waals surface area contributed by atoms with Gasteiger partial charge in [-0.25, -0.2) is 18.0 Å². The fraction of sp³-hybridized carbons (Fsp3) is 0.467. The number of benzene rings is 1. The molecule has 2 amide bonds. The number of carbonyl (C=O) groups excluding carboxylic acids is 1. The molecule has 3 rings (SSSR count). The summed E-state index contributed by atoms with van der Waals surface area (Å²) in [7, 11) is 0. The summed E-state index contributed by atoms with van der Waals surface area (Å²) in [5, 5.41) is 11.5. The van der Waals surface area contributed by atoms with Crippen molar-refractivity contribution >= 4 is 12.0 Å². The van der Waals surface area contributed by atoms with Crippen LogP contribution >= 0.6 is 0 Å². The van der Waals surface area contributed by atoms with Crippen LogP contribution in [0.4, 0.5) is 18.0 Å². The largest absolute Gasteiger partial charge is 0.481 e. The number of halogens is 3. The third-order valence-electron chi connectivity index (χ3n) is 4.46. The van der Waals surface area contributed by atoms with Crippen LogP contribution < -0.4 is 5.32 Å². The summed E-state index contributed by atoms with van der Waals surface area (Å²) < 4.78 is 40.6. The lowest BCUT2D eigenvalue weighted by Gasteiger charge is -2.21. The van der Waals surface area contributed by atoms with E-state index in [1.165, 1.54) is 4.90 Å². The van der Waals surface area contributed by atoms with Crippen LogP contribution in [-0.4, -0.2) is 35.1 Å². The molecule has 2 atom stereocenters. The number of aryl methyl sites for hydroxylation is 1. The molecule has 124 valence electrons. The molecule has 2 aliphatic rings. The topological polar surface area (TPSA) is 69.6 Å². The Morgan fingerprint density at radius 2 is 1.96 bits per heavy atom. The highest BCUT2D eigenvalue weighted by Gasteiger charge is 2.35. The van der Waals surface area contributed by atoms with E-state index >= 15 is 0 Å². The summed E-state index contributed by atoms with van der Waals surface area (Å²) in [5.74, 6) is -5.63. The molecule has 1 heterocycles. The fourth-order valence-electron chi connectivity index (χ4n) is 3.22. The maximum atomic E-state index is 14.0. The van der Waals surface area contributed by atoms with Crippen molar-refractivity contribution in [3.63, 3.8) is 0 Å². The number of aliphatic carboxylic acids is 1. The molecule has 1 aromatic rings. The van der Waals surface area contributed by atoms with Crippen molar-refractivity contribution in [3.8, 4) is 0 Å². The molecule has 0 aromatic heterocycles. The Kier molecular flexibility index (Phi) is 3.91. The maximum absolute atomic E-state index is 14.0. The van der Waals surface area contributed by atoms with Gasteiger partial charge in [0.25, 0.3) is 0 Å². The molecular formula is C15H15F3N2O3. The van der Waals surface area contributed by atoms with Crippen LogP contribution in [0, 0.1) is 23.4 Å². The number of fused-ring (bicyclic) bond motifs is 1. The number of hydrogen-bond acceptors (Lipinski definition) is 2. The van der Waals surface area contributed by atoms with E-state index in [2.05, 4.69) is 5.32 Å². The van der Waals surface area contributed by atoms with Crippen LogP contribution in [0.1, 0.15) is 30.0 Å². The highest BCUT2D eigenvalue weighted by Crippen LogP contribution is 2.35. The predicted octanol–water partition coefficient (Wildman–Crippen LogP) is 2.21. The van der Waals surface area contributed by atoms with Crippen LogP contribution in [0.2, 0.25) is 0 Å². The summed E-state index contributed by atoms with van der Waals surface area (Å²) in [4.78, 5) is 24.4. The number of hydrogen-bond donors (Lipinski definition) is 2. The van der Waals surface area contributed by atoms with Crippen molar-refractivity contribution in [1.29, 1.82) is 0 Å². The minimum atomic E-state index is -1.54. The Labute approximate surface area is 130 Å². The third kappa shape index (κ3) is 2.73. The van der Waals surface area contributed by atoms with E-state index in [0.717, 1.165) is 6.07 Å². The smallest absolute Gasteiger partial charge is 0.317 e. The van der Waals surface area contributed by atoms with Gasteiger partial charge in [-0.2, -0.15) is 0 Å². The number of carboxylic acids is 1. The highest BCUT2D eigenvalue weighted by molar-refractivity contribution is 5.78. The van der Waals surface area contributed by atoms with Gasteiger partial charge in [0.1, 0.15) is 0 Å². The quantitative estimate of drug-likeness (QED) is 0.818. The van der Waals surface area contributed by atoms with Gasteiger partial charge in [0, 0.05) is 18.7 Å². The Morgan fingerprint density at radius 1 is 1.22 bits per heavy atom. The first-order chi connectivity index (χ1) is 10.9. The summed E-state index contributed by atoms with van der Waals surface area (Å²) in [5.41, 5.74) is 0.322. The van der Waals surface area contributed by atoms with E-state index in [1.807, 2.05) is 0 Å². The van der Waals surface area contributed by atoms with Gasteiger partial charge in [0.05, 0.1) is 12.0 Å². The second-order valence-corrected chi connectivity index (χ2v) is 5.87. The lowest BCUT2D eigenvalue weighted by molar-refractivity contribution is -0.141. The van der Waals surface area contributed by atoms with Crippen LogP contribution in [0.15, 0.2) is 6.07 Å². The van der Waals surface area contributed by atoms with Crippen molar-refractivity contribution in [2.24, 2.45) is 5.92 Å². The number of likely N-dealkylation sites (tertiary alicyclic amines) is 1. The van der Waals surface area contributed by atoms with E-state index in [4.69, 9.17) is 5.11 Å². The van der Waals surface area contributed by atoms with Crippen molar-refractivity contribution in [2.75, 3.05) is 13.1 Å². The molecule has 5 nitrogen and oxygen atoms in total. The Bertz CT molecular complexity index is 680. The molecular weight excluding hydrogens is 313 g/mol. The van der Waals surface area contributed by atoms with Crippen LogP contribution in [0.25, 0.3) is 0 Å². The Hall–Kier alpha value is -2.25. The molecule has 23 heavy (non-hydrogen) atoms. The number of nitrogens with one attached hydrogen (secondary N) is 1. The van der Waals surface area contributed by atoms with E-state index < -0.39 is 41.4 Å². The van der Waals surface area contributed by atoms with Crippen molar-refractivity contribution in [1.82, 2.24) is 10.2 Å². The molecule has 0 radical (unpaired) electrons. The van der Waals surface area contributed by atoms with Gasteiger partial charge in [-0.3, -0.25) is 4.79 Å². The van der Waals surface area contributed by atoms with E-state index in [-0.39, 0.29) is 12.1 Å². The number of urea groups is 1. The van der Waals surface area contributed by atoms with Gasteiger partial charge in [0.2, 0.25) is 0 Å². The van der Waals surface area contributed by atoms with E-state index in [0.29, 0.717) is 31.4 Å². The number of rotatable bonds is 2. The SMILES string of the molecule is O=C(O)C1CCN(C(=O)NC2CCc3cc(F)c(F)c(F)c32)C1. The second-order valence-electron chi connectivity index (χ2n) is 5.87. The van der Waals surface area contributed by atoms with Gasteiger partial charge in [-0.1, -0.05) is 0 Å². The van der Waals surface area contributed by atoms with Crippen LogP contribution in [0.3, 0.4) is 0 Å². The first kappa shape index (κ1) is 15.6. The van der Waals surface area contributed by atoms with Gasteiger partial charge in [-0.15, -0.1) is 0 Å². The molecule has 2 N–H and O–H groups in total. The summed E-state index contributed by atoms with van der Waals surface area (Å²) in [6, 6.07) is -0.303. The molecule has 0 bridgehead atoms. The van der Waals surface area contributed by atoms with Crippen LogP contribution in [0.5, 0.6) is 0 Å².